The maximum atomic E-state index is 11.8. The van der Waals surface area contributed by atoms with Gasteiger partial charge in [-0.1, -0.05) is 20.8 Å². The van der Waals surface area contributed by atoms with Crippen molar-refractivity contribution in [3.8, 4) is 0 Å². The molecule has 20 heavy (non-hydrogen) atoms. The Kier molecular flexibility index (Phi) is 6.01. The summed E-state index contributed by atoms with van der Waals surface area (Å²) >= 11 is 0. The fraction of sp³-hybridized carbons (Fsp3) is 0.714. The third-order valence-corrected chi connectivity index (χ3v) is 3.26. The summed E-state index contributed by atoms with van der Waals surface area (Å²) in [5, 5.41) is 9.93. The number of ether oxygens (including phenoxy) is 1. The van der Waals surface area contributed by atoms with E-state index < -0.39 is 0 Å². The zero-order valence-corrected chi connectivity index (χ0v) is 13.1. The minimum Gasteiger partial charge on any atom is -0.385 e. The molecule has 6 nitrogen and oxygen atoms in total. The largest absolute Gasteiger partial charge is 0.385 e. The molecule has 2 N–H and O–H groups in total. The molecule has 0 fully saturated rings. The van der Waals surface area contributed by atoms with Crippen molar-refractivity contribution in [3.63, 3.8) is 0 Å². The van der Waals surface area contributed by atoms with Gasteiger partial charge in [0.2, 0.25) is 0 Å². The molecule has 114 valence electrons. The Morgan fingerprint density at radius 1 is 1.50 bits per heavy atom. The molecule has 1 aromatic heterocycles. The van der Waals surface area contributed by atoms with Crippen LogP contribution in [0.3, 0.4) is 0 Å². The number of anilines is 1. The van der Waals surface area contributed by atoms with Gasteiger partial charge in [0, 0.05) is 38.6 Å². The molecule has 6 heteroatoms. The number of aromatic nitrogens is 2. The zero-order chi connectivity index (χ0) is 15.2. The SMILES string of the molecule is COCCCn1ccc(NC(=O)N[C@H](C)C(C)(C)C)n1. The molecule has 0 unspecified atom stereocenters. The Morgan fingerprint density at radius 3 is 2.80 bits per heavy atom. The molecular formula is C14H26N4O2. The summed E-state index contributed by atoms with van der Waals surface area (Å²) in [5.74, 6) is 0.557. The van der Waals surface area contributed by atoms with Gasteiger partial charge in [-0.25, -0.2) is 4.79 Å². The third kappa shape index (κ3) is 5.61. The van der Waals surface area contributed by atoms with Crippen LogP contribution in [0.25, 0.3) is 0 Å². The third-order valence-electron chi connectivity index (χ3n) is 3.26. The summed E-state index contributed by atoms with van der Waals surface area (Å²) in [4.78, 5) is 11.8. The zero-order valence-electron chi connectivity index (χ0n) is 13.1. The van der Waals surface area contributed by atoms with Crippen LogP contribution >= 0.6 is 0 Å². The van der Waals surface area contributed by atoms with Crippen molar-refractivity contribution in [1.82, 2.24) is 15.1 Å². The number of methoxy groups -OCH3 is 1. The highest BCUT2D eigenvalue weighted by atomic mass is 16.5. The number of hydrogen-bond acceptors (Lipinski definition) is 3. The van der Waals surface area contributed by atoms with E-state index in [0.717, 1.165) is 13.0 Å². The molecule has 1 aromatic rings. The molecule has 0 saturated heterocycles. The van der Waals surface area contributed by atoms with Crippen LogP contribution < -0.4 is 10.6 Å². The van der Waals surface area contributed by atoms with Crippen LogP contribution in [0.15, 0.2) is 12.3 Å². The summed E-state index contributed by atoms with van der Waals surface area (Å²) < 4.78 is 6.78. The van der Waals surface area contributed by atoms with Crippen LogP contribution in [0.1, 0.15) is 34.1 Å². The molecule has 0 saturated carbocycles. The average molecular weight is 282 g/mol. The molecule has 0 aliphatic heterocycles. The lowest BCUT2D eigenvalue weighted by molar-refractivity contribution is 0.189. The molecule has 2 amide bonds. The second-order valence-electron chi connectivity index (χ2n) is 6.00. The lowest BCUT2D eigenvalue weighted by Gasteiger charge is -2.27. The van der Waals surface area contributed by atoms with E-state index in [1.54, 1.807) is 17.9 Å². The van der Waals surface area contributed by atoms with E-state index >= 15 is 0 Å². The van der Waals surface area contributed by atoms with Gasteiger partial charge in [-0.2, -0.15) is 5.10 Å². The van der Waals surface area contributed by atoms with Crippen LogP contribution in [0.4, 0.5) is 10.6 Å². The Morgan fingerprint density at radius 2 is 2.20 bits per heavy atom. The summed E-state index contributed by atoms with van der Waals surface area (Å²) in [7, 11) is 1.68. The van der Waals surface area contributed by atoms with Crippen molar-refractivity contribution >= 4 is 11.8 Å². The first-order chi connectivity index (χ1) is 9.32. The Labute approximate surface area is 120 Å². The van der Waals surface area contributed by atoms with Crippen molar-refractivity contribution in [1.29, 1.82) is 0 Å². The lowest BCUT2D eigenvalue weighted by Crippen LogP contribution is -2.43. The molecule has 1 atom stereocenters. The minimum absolute atomic E-state index is 0.0247. The van der Waals surface area contributed by atoms with Gasteiger partial charge in [0.15, 0.2) is 5.82 Å². The number of urea groups is 1. The highest BCUT2D eigenvalue weighted by molar-refractivity contribution is 5.88. The van der Waals surface area contributed by atoms with Gasteiger partial charge in [-0.3, -0.25) is 10.00 Å². The molecule has 0 spiro atoms. The molecule has 0 radical (unpaired) electrons. The summed E-state index contributed by atoms with van der Waals surface area (Å²) in [6.07, 6.45) is 2.74. The minimum atomic E-state index is -0.227. The first-order valence-corrected chi connectivity index (χ1v) is 6.93. The highest BCUT2D eigenvalue weighted by Crippen LogP contribution is 2.18. The average Bonchev–Trinajstić information content (AvgIpc) is 2.75. The number of amides is 2. The van der Waals surface area contributed by atoms with Gasteiger partial charge < -0.3 is 10.1 Å². The van der Waals surface area contributed by atoms with Crippen LogP contribution in [0.5, 0.6) is 0 Å². The van der Waals surface area contributed by atoms with Crippen molar-refractivity contribution in [3.05, 3.63) is 12.3 Å². The van der Waals surface area contributed by atoms with E-state index in [9.17, 15) is 4.79 Å². The lowest BCUT2D eigenvalue weighted by atomic mass is 9.88. The molecule has 1 heterocycles. The standard InChI is InChI=1S/C14H26N4O2/c1-11(14(2,3)4)15-13(19)16-12-7-9-18(17-12)8-6-10-20-5/h7,9,11H,6,8,10H2,1-5H3,(H2,15,16,17,19)/t11-/m1/s1. The van der Waals surface area contributed by atoms with Gasteiger partial charge in [0.05, 0.1) is 0 Å². The Bertz CT molecular complexity index is 423. The molecular weight excluding hydrogens is 256 g/mol. The Hall–Kier alpha value is -1.56. The predicted octanol–water partition coefficient (Wildman–Crippen LogP) is 2.48. The second-order valence-corrected chi connectivity index (χ2v) is 6.00. The van der Waals surface area contributed by atoms with Crippen LogP contribution in [-0.4, -0.2) is 35.6 Å². The first-order valence-electron chi connectivity index (χ1n) is 6.93. The highest BCUT2D eigenvalue weighted by Gasteiger charge is 2.21. The topological polar surface area (TPSA) is 68.2 Å². The van der Waals surface area contributed by atoms with Crippen molar-refractivity contribution in [2.75, 3.05) is 19.0 Å². The summed E-state index contributed by atoms with van der Waals surface area (Å²) in [5.41, 5.74) is 0.0247. The number of hydrogen-bond donors (Lipinski definition) is 2. The van der Waals surface area contributed by atoms with E-state index in [1.165, 1.54) is 0 Å². The number of aryl methyl sites for hydroxylation is 1. The van der Waals surface area contributed by atoms with Crippen molar-refractivity contribution < 1.29 is 9.53 Å². The fourth-order valence-electron chi connectivity index (χ4n) is 1.49. The van der Waals surface area contributed by atoms with Gasteiger partial charge in [0.1, 0.15) is 0 Å². The van der Waals surface area contributed by atoms with E-state index in [0.29, 0.717) is 12.4 Å². The second kappa shape index (κ2) is 7.28. The van der Waals surface area contributed by atoms with Crippen LogP contribution in [0.2, 0.25) is 0 Å². The predicted molar refractivity (Wildman–Crippen MR) is 79.8 cm³/mol. The molecule has 0 bridgehead atoms. The number of rotatable bonds is 6. The van der Waals surface area contributed by atoms with E-state index in [-0.39, 0.29) is 17.5 Å². The van der Waals surface area contributed by atoms with E-state index in [2.05, 4.69) is 36.5 Å². The molecule has 0 aliphatic rings. The smallest absolute Gasteiger partial charge is 0.320 e. The maximum Gasteiger partial charge on any atom is 0.320 e. The first kappa shape index (κ1) is 16.5. The normalized spacial score (nSPS) is 13.1. The van der Waals surface area contributed by atoms with E-state index in [1.807, 2.05) is 13.1 Å². The fourth-order valence-corrected chi connectivity index (χ4v) is 1.49. The Balaban J connectivity index is 2.42. The van der Waals surface area contributed by atoms with Crippen LogP contribution in [-0.2, 0) is 11.3 Å². The van der Waals surface area contributed by atoms with Gasteiger partial charge in [-0.05, 0) is 18.8 Å². The quantitative estimate of drug-likeness (QED) is 0.788. The monoisotopic (exact) mass is 282 g/mol. The number of carbonyl (C=O) groups excluding carboxylic acids is 1. The molecule has 1 rings (SSSR count). The summed E-state index contributed by atoms with van der Waals surface area (Å²) in [6, 6.07) is 1.63. The van der Waals surface area contributed by atoms with Gasteiger partial charge >= 0.3 is 6.03 Å². The summed E-state index contributed by atoms with van der Waals surface area (Å²) in [6.45, 7) is 9.72. The maximum absolute atomic E-state index is 11.8. The van der Waals surface area contributed by atoms with Gasteiger partial charge in [0.25, 0.3) is 0 Å². The number of nitrogens with one attached hydrogen (secondary N) is 2. The van der Waals surface area contributed by atoms with E-state index in [4.69, 9.17) is 4.74 Å². The van der Waals surface area contributed by atoms with Crippen LogP contribution in [0, 0.1) is 5.41 Å². The van der Waals surface area contributed by atoms with Gasteiger partial charge in [-0.15, -0.1) is 0 Å². The number of nitrogens with zero attached hydrogens (tertiary/aromatic N) is 2. The van der Waals surface area contributed by atoms with Crippen molar-refractivity contribution in [2.45, 2.75) is 46.7 Å². The number of carbonyl (C=O) groups is 1. The molecule has 0 aromatic carbocycles. The molecule has 0 aliphatic carbocycles. The van der Waals surface area contributed by atoms with Crippen molar-refractivity contribution in [2.24, 2.45) is 5.41 Å².